The fourth-order valence-corrected chi connectivity index (χ4v) is 7.89. The molecule has 19 N–H and O–H groups in total. The maximum atomic E-state index is 13.6. The Balaban J connectivity index is 3.14. The smallest absolute Gasteiger partial charge is 0.305 e. The average molecular weight is 1050 g/mol. The van der Waals surface area contributed by atoms with Crippen molar-refractivity contribution in [2.75, 3.05) is 26.3 Å². The molecule has 0 radical (unpaired) electrons. The molecule has 1 aliphatic rings. The van der Waals surface area contributed by atoms with Gasteiger partial charge in [0.25, 0.3) is 0 Å². The van der Waals surface area contributed by atoms with Crippen LogP contribution in [0.4, 0.5) is 0 Å². The molecule has 420 valence electrons. The number of carboxylic acid groups (broad SMARTS) is 1. The first-order valence-electron chi connectivity index (χ1n) is 25.1. The lowest BCUT2D eigenvalue weighted by molar-refractivity contribution is -0.271. The molecule has 1 rings (SSSR count). The zero-order valence-electron chi connectivity index (χ0n) is 43.6. The lowest BCUT2D eigenvalue weighted by Crippen LogP contribution is -2.65. The fraction of sp³-hybridized carbons (Fsp3) is 0.809. The highest BCUT2D eigenvalue weighted by Crippen LogP contribution is 2.23. The maximum Gasteiger partial charge on any atom is 0.305 e. The summed E-state index contributed by atoms with van der Waals surface area (Å²) in [4.78, 5) is 116. The van der Waals surface area contributed by atoms with E-state index in [1.54, 1.807) is 13.8 Å². The third-order valence-electron chi connectivity index (χ3n) is 12.2. The van der Waals surface area contributed by atoms with Crippen LogP contribution in [0.3, 0.4) is 0 Å². The Bertz CT molecular complexity index is 1780. The van der Waals surface area contributed by atoms with Gasteiger partial charge in [0.2, 0.25) is 47.3 Å². The molecule has 26 nitrogen and oxygen atoms in total. The summed E-state index contributed by atoms with van der Waals surface area (Å²) in [5, 5.41) is 59.5. The number of nitrogens with one attached hydrogen (secondary N) is 7. The van der Waals surface area contributed by atoms with Gasteiger partial charge in [-0.25, -0.2) is 0 Å². The molecule has 0 aromatic heterocycles. The Hall–Kier alpha value is -5.09. The van der Waals surface area contributed by atoms with Crippen molar-refractivity contribution in [2.24, 2.45) is 40.7 Å². The van der Waals surface area contributed by atoms with Gasteiger partial charge in [0.15, 0.2) is 6.29 Å². The summed E-state index contributed by atoms with van der Waals surface area (Å²) < 4.78 is 11.4. The van der Waals surface area contributed by atoms with Crippen LogP contribution in [-0.2, 0) is 52.6 Å². The first-order valence-corrected chi connectivity index (χ1v) is 25.1. The van der Waals surface area contributed by atoms with Gasteiger partial charge < -0.3 is 90.1 Å². The van der Waals surface area contributed by atoms with Crippen molar-refractivity contribution in [2.45, 2.75) is 198 Å². The molecule has 1 saturated heterocycles. The van der Waals surface area contributed by atoms with E-state index in [1.807, 2.05) is 27.7 Å². The van der Waals surface area contributed by atoms with Crippen molar-refractivity contribution >= 4 is 53.2 Å². The Morgan fingerprint density at radius 3 is 1.44 bits per heavy atom. The quantitative estimate of drug-likeness (QED) is 0.0287. The molecule has 26 heteroatoms. The van der Waals surface area contributed by atoms with Crippen molar-refractivity contribution in [1.82, 2.24) is 37.2 Å². The number of hydrogen-bond acceptors (Lipinski definition) is 17. The van der Waals surface area contributed by atoms with E-state index in [2.05, 4.69) is 37.2 Å². The second-order valence-electron chi connectivity index (χ2n) is 19.9. The lowest BCUT2D eigenvalue weighted by Gasteiger charge is -2.42. The Morgan fingerprint density at radius 2 is 1.00 bits per heavy atom. The molecular formula is C47H87N11O15. The van der Waals surface area contributed by atoms with Crippen LogP contribution in [0.5, 0.6) is 0 Å². The number of carboxylic acids is 1. The summed E-state index contributed by atoms with van der Waals surface area (Å²) in [7, 11) is 0. The molecule has 1 heterocycles. The number of aliphatic hydroxyl groups excluding tert-OH is 3. The summed E-state index contributed by atoms with van der Waals surface area (Å²) in [5.41, 5.74) is 22.9. The molecule has 0 spiro atoms. The van der Waals surface area contributed by atoms with Crippen LogP contribution in [0.2, 0.25) is 0 Å². The van der Waals surface area contributed by atoms with Crippen molar-refractivity contribution in [3.63, 3.8) is 0 Å². The summed E-state index contributed by atoms with van der Waals surface area (Å²) in [6.45, 7) is 11.3. The van der Waals surface area contributed by atoms with Gasteiger partial charge in [-0.15, -0.1) is 0 Å². The second kappa shape index (κ2) is 34.4. The lowest BCUT2D eigenvalue weighted by atomic mass is 9.97. The number of rotatable bonds is 36. The van der Waals surface area contributed by atoms with Crippen LogP contribution in [0, 0.1) is 17.8 Å². The third-order valence-corrected chi connectivity index (χ3v) is 12.2. The summed E-state index contributed by atoms with van der Waals surface area (Å²) in [6, 6.07) is -6.91. The first kappa shape index (κ1) is 65.9. The zero-order valence-corrected chi connectivity index (χ0v) is 43.6. The number of amides is 8. The number of primary amides is 1. The molecule has 73 heavy (non-hydrogen) atoms. The number of aliphatic hydroxyl groups is 3. The van der Waals surface area contributed by atoms with Crippen LogP contribution in [-0.4, -0.2) is 173 Å². The predicted octanol–water partition coefficient (Wildman–Crippen LogP) is -3.68. The van der Waals surface area contributed by atoms with Crippen LogP contribution < -0.4 is 60.2 Å². The van der Waals surface area contributed by atoms with E-state index in [0.717, 1.165) is 6.92 Å². The minimum absolute atomic E-state index is 0.0487. The standard InChI is InChI=1S/C47H87N11O15/c1-24(2)32(50)19-41(66)56-31(23-72-47-44(52-27(7)60)46(71)45(70)35(22-59)73-47)17-38(63)55-30(18-43(68)69)16-40(65)58-34(26(5)6)21-42(67)54-28(10-8-12-48)14-37(62)53-29(11-9-13-49)15-39(64)57-33(25(3)4)20-36(51)61/h24-26,28-35,44-47,59,70-71H,8-23,48-50H2,1-7H3,(H2,51,61)(H,52,60)(H,53,62)(H,54,67)(H,55,63)(H,56,66)(H,57,64)(H,58,65)(H,68,69)/t28-,29-,30+,31+,32+,33+,34+,35?,44?,45?,46?,47?/m0/s1. The minimum atomic E-state index is -1.65. The van der Waals surface area contributed by atoms with Crippen LogP contribution in [0.25, 0.3) is 0 Å². The second-order valence-corrected chi connectivity index (χ2v) is 19.9. The normalized spacial score (nSPS) is 20.6. The highest BCUT2D eigenvalue weighted by molar-refractivity contribution is 5.85. The Morgan fingerprint density at radius 1 is 0.575 bits per heavy atom. The van der Waals surface area contributed by atoms with Crippen LogP contribution in [0.15, 0.2) is 0 Å². The number of aliphatic carboxylic acids is 1. The predicted molar refractivity (Wildman–Crippen MR) is 266 cm³/mol. The van der Waals surface area contributed by atoms with Gasteiger partial charge in [0, 0.05) is 88.1 Å². The number of ether oxygens (including phenoxy) is 2. The van der Waals surface area contributed by atoms with E-state index in [1.165, 1.54) is 0 Å². The van der Waals surface area contributed by atoms with Gasteiger partial charge in [-0.05, 0) is 56.5 Å². The molecule has 0 aromatic rings. The Labute approximate surface area is 428 Å². The van der Waals surface area contributed by atoms with Crippen molar-refractivity contribution < 1.29 is 73.1 Å². The average Bonchev–Trinajstić information content (AvgIpc) is 3.27. The highest BCUT2D eigenvalue weighted by atomic mass is 16.7. The molecule has 5 unspecified atom stereocenters. The van der Waals surface area contributed by atoms with Crippen molar-refractivity contribution in [3.05, 3.63) is 0 Å². The van der Waals surface area contributed by atoms with E-state index >= 15 is 0 Å². The number of carbonyl (C=O) groups excluding carboxylic acids is 8. The van der Waals surface area contributed by atoms with Gasteiger partial charge in [-0.2, -0.15) is 0 Å². The monoisotopic (exact) mass is 1050 g/mol. The number of hydrogen-bond donors (Lipinski definition) is 15. The molecule has 12 atom stereocenters. The Kier molecular flexibility index (Phi) is 31.1. The molecule has 0 aliphatic carbocycles. The summed E-state index contributed by atoms with van der Waals surface area (Å²) >= 11 is 0. The largest absolute Gasteiger partial charge is 0.481 e. The van der Waals surface area contributed by atoms with E-state index in [9.17, 15) is 63.6 Å². The van der Waals surface area contributed by atoms with Crippen molar-refractivity contribution in [1.29, 1.82) is 0 Å². The maximum absolute atomic E-state index is 13.6. The molecule has 0 bridgehead atoms. The zero-order chi connectivity index (χ0) is 55.5. The van der Waals surface area contributed by atoms with E-state index in [-0.39, 0.29) is 62.3 Å². The van der Waals surface area contributed by atoms with Gasteiger partial charge >= 0.3 is 5.97 Å². The van der Waals surface area contributed by atoms with Gasteiger partial charge in [0.1, 0.15) is 24.4 Å². The molecule has 0 saturated carbocycles. The molecule has 1 fully saturated rings. The van der Waals surface area contributed by atoms with Crippen LogP contribution >= 0.6 is 0 Å². The topological polar surface area (TPSA) is 441 Å². The van der Waals surface area contributed by atoms with Gasteiger partial charge in [0.05, 0.1) is 25.7 Å². The highest BCUT2D eigenvalue weighted by Gasteiger charge is 2.45. The van der Waals surface area contributed by atoms with Gasteiger partial charge in [-0.3, -0.25) is 43.2 Å². The van der Waals surface area contributed by atoms with Crippen molar-refractivity contribution in [3.8, 4) is 0 Å². The van der Waals surface area contributed by atoms with Crippen LogP contribution in [0.1, 0.15) is 126 Å². The molecular weight excluding hydrogens is 959 g/mol. The summed E-state index contributed by atoms with van der Waals surface area (Å²) in [5.74, 6) is -6.47. The van der Waals surface area contributed by atoms with E-state index in [0.29, 0.717) is 32.2 Å². The fourth-order valence-electron chi connectivity index (χ4n) is 7.89. The number of carbonyl (C=O) groups is 9. The number of nitrogens with two attached hydrogens (primary N) is 4. The first-order chi connectivity index (χ1) is 34.2. The molecule has 0 aromatic carbocycles. The van der Waals surface area contributed by atoms with Gasteiger partial charge in [-0.1, -0.05) is 41.5 Å². The van der Waals surface area contributed by atoms with E-state index in [4.69, 9.17) is 32.4 Å². The molecule has 8 amide bonds. The molecule has 1 aliphatic heterocycles. The minimum Gasteiger partial charge on any atom is -0.481 e. The third kappa shape index (κ3) is 27.1. The van der Waals surface area contributed by atoms with E-state index < -0.39 is 153 Å². The SMILES string of the molecule is CC(=O)NC1C(OC[C@@H](CC(=O)N[C@@H](CC(=O)O)CC(=O)N[C@H](CC(=O)N[C@@H](CCCN)CC(=O)N[C@@H](CCCN)CC(=O)N[C@H](CC(N)=O)C(C)C)C(C)C)NC(=O)C[C@@H](N)C(C)C)OC(CO)C(O)C1O. The summed E-state index contributed by atoms with van der Waals surface area (Å²) in [6.07, 6.45) is -6.86.